The van der Waals surface area contributed by atoms with Gasteiger partial charge in [0.25, 0.3) is 17.4 Å². The van der Waals surface area contributed by atoms with Crippen LogP contribution in [0.25, 0.3) is 11.6 Å². The highest BCUT2D eigenvalue weighted by atomic mass is 79.9. The van der Waals surface area contributed by atoms with Crippen molar-refractivity contribution >= 4 is 27.7 Å². The predicted octanol–water partition coefficient (Wildman–Crippen LogP) is 4.05. The maximum Gasteiger partial charge on any atom is 0.263 e. The van der Waals surface area contributed by atoms with Crippen molar-refractivity contribution in [1.29, 1.82) is 0 Å². The van der Waals surface area contributed by atoms with Gasteiger partial charge in [-0.1, -0.05) is 15.9 Å². The molecule has 4 aromatic rings. The third kappa shape index (κ3) is 4.80. The normalized spacial score (nSPS) is 14.7. The van der Waals surface area contributed by atoms with Crippen LogP contribution in [-0.4, -0.2) is 49.1 Å². The van der Waals surface area contributed by atoms with Crippen LogP contribution >= 0.6 is 15.9 Å². The molecule has 1 aliphatic rings. The predicted molar refractivity (Wildman–Crippen MR) is 152 cm³/mol. The Morgan fingerprint density at radius 3 is 2.33 bits per heavy atom. The van der Waals surface area contributed by atoms with E-state index in [-0.39, 0.29) is 30.0 Å². The Balaban J connectivity index is 1.64. The number of carbonyl (C=O) groups excluding carboxylic acids is 2. The van der Waals surface area contributed by atoms with Gasteiger partial charge < -0.3 is 10.2 Å². The number of nitrogens with one attached hydrogen (secondary N) is 1. The van der Waals surface area contributed by atoms with Crippen LogP contribution in [0.2, 0.25) is 0 Å². The number of aromatic nitrogens is 4. The van der Waals surface area contributed by atoms with Crippen molar-refractivity contribution in [2.24, 2.45) is 0 Å². The van der Waals surface area contributed by atoms with E-state index in [1.807, 2.05) is 45.9 Å². The highest BCUT2D eigenvalue weighted by molar-refractivity contribution is 9.10. The summed E-state index contributed by atoms with van der Waals surface area (Å²) in [6.45, 7) is 7.89. The number of benzene rings is 2. The van der Waals surface area contributed by atoms with Crippen LogP contribution in [0.5, 0.6) is 0 Å². The Kier molecular flexibility index (Phi) is 6.98. The molecular formula is C29H29BrN6O3. The molecule has 39 heavy (non-hydrogen) atoms. The van der Waals surface area contributed by atoms with Gasteiger partial charge in [-0.05, 0) is 88.2 Å². The zero-order valence-electron chi connectivity index (χ0n) is 22.4. The fourth-order valence-corrected chi connectivity index (χ4v) is 5.22. The van der Waals surface area contributed by atoms with Gasteiger partial charge in [0.05, 0.1) is 23.6 Å². The Labute approximate surface area is 234 Å². The van der Waals surface area contributed by atoms with Crippen molar-refractivity contribution < 1.29 is 9.59 Å². The number of amides is 2. The SMILES string of the molecule is CNC(=O)c1ccc(-n2c(-n3nc(C)cc3C)nc3c(c2=O)C[C@H](C)N(C(=O)c2ccc(Br)c(C)c2)C3)cc1. The monoisotopic (exact) mass is 588 g/mol. The highest BCUT2D eigenvalue weighted by Crippen LogP contribution is 2.26. The van der Waals surface area contributed by atoms with Crippen molar-refractivity contribution in [1.82, 2.24) is 29.5 Å². The second-order valence-electron chi connectivity index (χ2n) is 9.89. The lowest BCUT2D eigenvalue weighted by Crippen LogP contribution is -2.46. The first-order chi connectivity index (χ1) is 18.6. The van der Waals surface area contributed by atoms with Crippen molar-refractivity contribution in [2.45, 2.75) is 46.7 Å². The molecule has 2 amide bonds. The second-order valence-corrected chi connectivity index (χ2v) is 10.7. The van der Waals surface area contributed by atoms with E-state index in [9.17, 15) is 14.4 Å². The van der Waals surface area contributed by atoms with Crippen LogP contribution in [-0.2, 0) is 13.0 Å². The lowest BCUT2D eigenvalue weighted by Gasteiger charge is -2.34. The van der Waals surface area contributed by atoms with Gasteiger partial charge in [0.2, 0.25) is 5.95 Å². The molecule has 0 unspecified atom stereocenters. The molecule has 3 heterocycles. The van der Waals surface area contributed by atoms with Crippen molar-refractivity contribution in [3.8, 4) is 11.6 Å². The largest absolute Gasteiger partial charge is 0.355 e. The third-order valence-electron chi connectivity index (χ3n) is 7.08. The Morgan fingerprint density at radius 1 is 1.03 bits per heavy atom. The molecule has 0 saturated carbocycles. The van der Waals surface area contributed by atoms with Gasteiger partial charge in [-0.15, -0.1) is 0 Å². The number of fused-ring (bicyclic) bond motifs is 1. The molecule has 2 aromatic carbocycles. The minimum absolute atomic E-state index is 0.104. The lowest BCUT2D eigenvalue weighted by molar-refractivity contribution is 0.0652. The smallest absolute Gasteiger partial charge is 0.263 e. The number of hydrogen-bond donors (Lipinski definition) is 1. The van der Waals surface area contributed by atoms with E-state index in [0.29, 0.717) is 40.4 Å². The summed E-state index contributed by atoms with van der Waals surface area (Å²) in [4.78, 5) is 46.4. The molecule has 0 spiro atoms. The zero-order chi connectivity index (χ0) is 28.0. The molecule has 0 bridgehead atoms. The van der Waals surface area contributed by atoms with Crippen LogP contribution < -0.4 is 10.9 Å². The van der Waals surface area contributed by atoms with Crippen molar-refractivity contribution in [3.05, 3.63) is 103 Å². The molecule has 0 saturated heterocycles. The fraction of sp³-hybridized carbons (Fsp3) is 0.276. The average molecular weight is 589 g/mol. The molecular weight excluding hydrogens is 560 g/mol. The van der Waals surface area contributed by atoms with Crippen molar-refractivity contribution in [3.63, 3.8) is 0 Å². The van der Waals surface area contributed by atoms with E-state index in [1.165, 1.54) is 4.57 Å². The summed E-state index contributed by atoms with van der Waals surface area (Å²) >= 11 is 3.49. The summed E-state index contributed by atoms with van der Waals surface area (Å²) in [5.41, 5.74) is 5.14. The van der Waals surface area contributed by atoms with E-state index in [1.54, 1.807) is 47.0 Å². The van der Waals surface area contributed by atoms with Crippen LogP contribution in [0.4, 0.5) is 0 Å². The number of rotatable bonds is 4. The van der Waals surface area contributed by atoms with Gasteiger partial charge in [0.15, 0.2) is 0 Å². The molecule has 200 valence electrons. The average Bonchev–Trinajstić information content (AvgIpc) is 3.26. The summed E-state index contributed by atoms with van der Waals surface area (Å²) in [6, 6.07) is 14.1. The molecule has 10 heteroatoms. The number of carbonyl (C=O) groups is 2. The molecule has 2 aromatic heterocycles. The minimum atomic E-state index is -0.214. The van der Waals surface area contributed by atoms with E-state index in [2.05, 4.69) is 26.3 Å². The number of nitrogens with zero attached hydrogens (tertiary/aromatic N) is 5. The van der Waals surface area contributed by atoms with Gasteiger partial charge >= 0.3 is 0 Å². The van der Waals surface area contributed by atoms with E-state index in [4.69, 9.17) is 4.98 Å². The summed E-state index contributed by atoms with van der Waals surface area (Å²) in [5.74, 6) is 0.0152. The van der Waals surface area contributed by atoms with Gasteiger partial charge in [0, 0.05) is 39.9 Å². The highest BCUT2D eigenvalue weighted by Gasteiger charge is 2.32. The number of aryl methyl sites for hydroxylation is 3. The molecule has 1 aliphatic heterocycles. The molecule has 0 aliphatic carbocycles. The standard InChI is InChI=1S/C29H29BrN6O3/c1-16-12-21(8-11-24(16)30)27(38)34-15-25-23(14-18(34)3)28(39)35(22-9-6-20(7-10-22)26(37)31-5)29(32-25)36-19(4)13-17(2)33-36/h6-13,18H,14-15H2,1-5H3,(H,31,37)/t18-/m0/s1. The molecule has 1 N–H and O–H groups in total. The van der Waals surface area contributed by atoms with Crippen LogP contribution in [0.15, 0.2) is 57.8 Å². The maximum absolute atomic E-state index is 14.1. The number of halogens is 1. The molecule has 0 radical (unpaired) electrons. The van der Waals surface area contributed by atoms with Crippen molar-refractivity contribution in [2.75, 3.05) is 7.05 Å². The maximum atomic E-state index is 14.1. The molecule has 0 fully saturated rings. The quantitative estimate of drug-likeness (QED) is 0.387. The minimum Gasteiger partial charge on any atom is -0.355 e. The first-order valence-electron chi connectivity index (χ1n) is 12.7. The first-order valence-corrected chi connectivity index (χ1v) is 13.5. The topological polar surface area (TPSA) is 102 Å². The summed E-state index contributed by atoms with van der Waals surface area (Å²) in [5, 5.41) is 7.20. The molecule has 5 rings (SSSR count). The Bertz CT molecular complexity index is 1670. The third-order valence-corrected chi connectivity index (χ3v) is 7.97. The van der Waals surface area contributed by atoms with Gasteiger partial charge in [0.1, 0.15) is 0 Å². The lowest BCUT2D eigenvalue weighted by atomic mass is 9.98. The summed E-state index contributed by atoms with van der Waals surface area (Å²) in [6.07, 6.45) is 0.371. The van der Waals surface area contributed by atoms with Gasteiger partial charge in [-0.2, -0.15) is 5.10 Å². The first kappa shape index (κ1) is 26.6. The number of hydrogen-bond acceptors (Lipinski definition) is 5. The van der Waals surface area contributed by atoms with E-state index < -0.39 is 0 Å². The van der Waals surface area contributed by atoms with Crippen LogP contribution in [0.1, 0.15) is 55.8 Å². The van der Waals surface area contributed by atoms with E-state index in [0.717, 1.165) is 21.4 Å². The summed E-state index contributed by atoms with van der Waals surface area (Å²) < 4.78 is 4.12. The Morgan fingerprint density at radius 2 is 1.72 bits per heavy atom. The summed E-state index contributed by atoms with van der Waals surface area (Å²) in [7, 11) is 1.57. The zero-order valence-corrected chi connectivity index (χ0v) is 24.0. The molecule has 9 nitrogen and oxygen atoms in total. The van der Waals surface area contributed by atoms with Crippen LogP contribution in [0, 0.1) is 20.8 Å². The molecule has 1 atom stereocenters. The van der Waals surface area contributed by atoms with Crippen LogP contribution in [0.3, 0.4) is 0 Å². The fourth-order valence-electron chi connectivity index (χ4n) is 4.97. The van der Waals surface area contributed by atoms with E-state index >= 15 is 0 Å². The van der Waals surface area contributed by atoms with Gasteiger partial charge in [-0.3, -0.25) is 14.4 Å². The Hall–Kier alpha value is -4.05. The second kappa shape index (κ2) is 10.3. The van der Waals surface area contributed by atoms with Gasteiger partial charge in [-0.25, -0.2) is 14.2 Å².